The Hall–Kier alpha value is -4.24. The molecule has 2 heterocycles. The molecular weight excluding hydrogens is 1330 g/mol. The van der Waals surface area contributed by atoms with E-state index in [0.717, 1.165) is 129 Å². The molecule has 10 aliphatic rings. The number of carbonyl (C=O) groups is 4. The molecule has 8 aliphatic carbocycles. The van der Waals surface area contributed by atoms with Crippen molar-refractivity contribution in [3.8, 4) is 0 Å². The van der Waals surface area contributed by atoms with Gasteiger partial charge in [-0.3, -0.25) is 0 Å². The fourth-order valence-electron chi connectivity index (χ4n) is 21.9. The van der Waals surface area contributed by atoms with Gasteiger partial charge in [0.1, 0.15) is 49.1 Å². The Bertz CT molecular complexity index is 2680. The van der Waals surface area contributed by atoms with Crippen LogP contribution in [0.15, 0.2) is 24.7 Å². The van der Waals surface area contributed by atoms with Crippen LogP contribution in [0.1, 0.15) is 250 Å². The number of amides is 4. The maximum absolute atomic E-state index is 13.4. The van der Waals surface area contributed by atoms with Crippen LogP contribution in [0.4, 0.5) is 19.2 Å². The lowest BCUT2D eigenvalue weighted by Crippen LogP contribution is -2.51. The molecule has 24 heteroatoms. The number of hydrogen-bond donors (Lipinski definition) is 12. The zero-order valence-electron chi connectivity index (χ0n) is 65.7. The number of rotatable bonds is 22. The van der Waals surface area contributed by atoms with Crippen molar-refractivity contribution in [2.24, 2.45) is 78.5 Å². The first-order valence-electron chi connectivity index (χ1n) is 40.0. The fraction of sp³-hybridized carbons (Fsp3) is 0.900. The molecule has 2 aliphatic heterocycles. The number of nitrogens with one attached hydrogen (secondary N) is 6. The van der Waals surface area contributed by atoms with Gasteiger partial charge >= 0.3 is 24.4 Å². The van der Waals surface area contributed by atoms with Gasteiger partial charge in [-0.05, 0) is 247 Å². The number of aliphatic hydroxyl groups is 4. The van der Waals surface area contributed by atoms with Gasteiger partial charge in [0, 0.05) is 25.2 Å². The van der Waals surface area contributed by atoms with Crippen molar-refractivity contribution < 1.29 is 77.5 Å². The standard InChI is InChI=1S/C45H76N4O10.C35H64N4O6/c1-28-22-54-38(56-28)20-46-26-44(7)18-32(16-42(3,4)24-44)58-40(52)48-34-14-30(9-11-36(34)50)13-31-10-12-37(51)35(15-31)49-41(53)59-33-17-43(5,6)25-45(8,19-33)27-47-21-39-55-23-29(2)57-39;1-32(2)14-24(16-34(5,18-32)20-36)38-30(42)44-28-12-22(7-9-26(28)40)11-23-8-10-27(41)29(13-23)45-31(43)39-25-15-33(3,4)19-35(6,17-25)21-37/h30-39,46-47,50-51H,1-2,9-27H2,3-8H3,(H,48,52)(H,49,53);22-29,40-41H,7-21,36-37H2,1-6H3,(H,38,42)(H,39,43). The molecule has 0 spiro atoms. The van der Waals surface area contributed by atoms with Crippen LogP contribution in [-0.4, -0.2) is 183 Å². The average molecular weight is 1470 g/mol. The molecule has 0 aromatic carbocycles. The SMILES string of the molecule is C=C1COC(CNCC2(C)CC(OC(=O)NC3CC(CC4CCC(O)C(NC(=O)OC5CC(C)(C)CC(C)(CNCC6OCC(=C)O6)C5)C4)CCC3O)CC(C)(C)C2)O1.CC1(C)CC(NC(=O)OC2CC(CC3CCC(O)C(OC(=O)NC4CC(C)(C)CC(C)(CN)C4)C3)CCC2O)CC(C)(CN)C1. The smallest absolute Gasteiger partial charge is 0.407 e. The summed E-state index contributed by atoms with van der Waals surface area (Å²) < 4.78 is 46.2. The summed E-state index contributed by atoms with van der Waals surface area (Å²) in [6, 6.07) is -0.807. The monoisotopic (exact) mass is 1470 g/mol. The number of alkyl carbamates (subject to hydrolysis) is 4. The van der Waals surface area contributed by atoms with Crippen molar-refractivity contribution in [1.29, 1.82) is 0 Å². The van der Waals surface area contributed by atoms with Crippen LogP contribution in [-0.2, 0) is 37.9 Å². The summed E-state index contributed by atoms with van der Waals surface area (Å²) >= 11 is 0. The maximum Gasteiger partial charge on any atom is 0.407 e. The summed E-state index contributed by atoms with van der Waals surface area (Å²) in [4.78, 5) is 52.7. The Labute approximate surface area is 622 Å². The molecule has 0 bridgehead atoms. The van der Waals surface area contributed by atoms with Crippen LogP contribution in [0.2, 0.25) is 0 Å². The van der Waals surface area contributed by atoms with E-state index in [0.29, 0.717) is 114 Å². The second-order valence-electron chi connectivity index (χ2n) is 39.3. The molecule has 22 atom stereocenters. The van der Waals surface area contributed by atoms with Gasteiger partial charge < -0.3 is 102 Å². The molecule has 596 valence electrons. The number of aliphatic hydroxyl groups excluding tert-OH is 4. The van der Waals surface area contributed by atoms with Crippen LogP contribution >= 0.6 is 0 Å². The molecule has 22 unspecified atom stereocenters. The minimum Gasteiger partial charge on any atom is -0.466 e. The first-order valence-corrected chi connectivity index (χ1v) is 40.0. The third-order valence-electron chi connectivity index (χ3n) is 25.1. The molecule has 0 aromatic heterocycles. The van der Waals surface area contributed by atoms with Crippen LogP contribution in [0, 0.1) is 67.0 Å². The number of carbonyl (C=O) groups excluding carboxylic acids is 4. The highest BCUT2D eigenvalue weighted by atomic mass is 16.7. The highest BCUT2D eigenvalue weighted by Gasteiger charge is 2.48. The van der Waals surface area contributed by atoms with Gasteiger partial charge in [0.25, 0.3) is 0 Å². The van der Waals surface area contributed by atoms with E-state index < -0.39 is 73.1 Å². The molecule has 24 nitrogen and oxygen atoms in total. The summed E-state index contributed by atoms with van der Waals surface area (Å²) in [7, 11) is 0. The first-order chi connectivity index (χ1) is 48.6. The van der Waals surface area contributed by atoms with Crippen molar-refractivity contribution in [3.63, 3.8) is 0 Å². The highest BCUT2D eigenvalue weighted by molar-refractivity contribution is 5.69. The Kier molecular flexibility index (Phi) is 28.4. The quantitative estimate of drug-likeness (QED) is 0.0448. The summed E-state index contributed by atoms with van der Waals surface area (Å²) in [5.41, 5.74) is 12.1. The average Bonchev–Trinajstić information content (AvgIpc) is 1.01. The Morgan fingerprint density at radius 2 is 0.750 bits per heavy atom. The fourth-order valence-corrected chi connectivity index (χ4v) is 21.9. The molecule has 4 amide bonds. The van der Waals surface area contributed by atoms with Crippen molar-refractivity contribution in [1.82, 2.24) is 31.9 Å². The van der Waals surface area contributed by atoms with Gasteiger partial charge in [0.05, 0.1) is 49.6 Å². The van der Waals surface area contributed by atoms with E-state index in [1.54, 1.807) is 0 Å². The minimum atomic E-state index is -0.678. The predicted molar refractivity (Wildman–Crippen MR) is 398 cm³/mol. The lowest BCUT2D eigenvalue weighted by molar-refractivity contribution is -0.0542. The lowest BCUT2D eigenvalue weighted by atomic mass is 9.62. The molecule has 10 rings (SSSR count). The van der Waals surface area contributed by atoms with Crippen LogP contribution in [0.3, 0.4) is 0 Å². The summed E-state index contributed by atoms with van der Waals surface area (Å²) in [6.07, 6.45) is 13.8. The highest BCUT2D eigenvalue weighted by Crippen LogP contribution is 2.51. The topological polar surface area (TPSA) is 347 Å². The third kappa shape index (κ3) is 25.4. The lowest BCUT2D eigenvalue weighted by Gasteiger charge is -2.46. The van der Waals surface area contributed by atoms with Gasteiger partial charge in [-0.25, -0.2) is 19.2 Å². The Morgan fingerprint density at radius 3 is 1.10 bits per heavy atom. The van der Waals surface area contributed by atoms with Crippen LogP contribution in [0.25, 0.3) is 0 Å². The van der Waals surface area contributed by atoms with E-state index in [1.165, 1.54) is 0 Å². The zero-order valence-corrected chi connectivity index (χ0v) is 65.7. The van der Waals surface area contributed by atoms with Crippen molar-refractivity contribution in [3.05, 3.63) is 24.7 Å². The third-order valence-corrected chi connectivity index (χ3v) is 25.1. The molecule has 2 saturated heterocycles. The van der Waals surface area contributed by atoms with Gasteiger partial charge in [-0.1, -0.05) is 96.2 Å². The van der Waals surface area contributed by atoms with E-state index in [-0.39, 0.29) is 92.0 Å². The van der Waals surface area contributed by atoms with E-state index in [9.17, 15) is 39.6 Å². The van der Waals surface area contributed by atoms with Crippen molar-refractivity contribution in [2.75, 3.05) is 52.5 Å². The van der Waals surface area contributed by atoms with E-state index >= 15 is 0 Å². The zero-order chi connectivity index (χ0) is 75.8. The van der Waals surface area contributed by atoms with Gasteiger partial charge in [0.15, 0.2) is 0 Å². The molecule has 14 N–H and O–H groups in total. The number of ether oxygens (including phenoxy) is 8. The molecule has 10 fully saturated rings. The summed E-state index contributed by atoms with van der Waals surface area (Å²) in [5, 5.41) is 62.6. The number of nitrogens with two attached hydrogens (primary N) is 2. The predicted octanol–water partition coefficient (Wildman–Crippen LogP) is 11.0. The van der Waals surface area contributed by atoms with Crippen LogP contribution < -0.4 is 43.4 Å². The molecular formula is C80H140N8O16. The Morgan fingerprint density at radius 1 is 0.423 bits per heavy atom. The molecule has 8 saturated carbocycles. The van der Waals surface area contributed by atoms with E-state index in [1.807, 2.05) is 0 Å². The second kappa shape index (κ2) is 35.2. The molecule has 0 radical (unpaired) electrons. The number of hydrogen-bond acceptors (Lipinski definition) is 20. The summed E-state index contributed by atoms with van der Waals surface area (Å²) in [5.74, 6) is 2.46. The molecule has 0 aromatic rings. The van der Waals surface area contributed by atoms with E-state index in [2.05, 4.69) is 128 Å². The first kappa shape index (κ1) is 83.8. The van der Waals surface area contributed by atoms with Gasteiger partial charge in [-0.15, -0.1) is 0 Å². The second-order valence-corrected chi connectivity index (χ2v) is 39.3. The minimum absolute atomic E-state index is 0.00931. The van der Waals surface area contributed by atoms with Crippen molar-refractivity contribution in [2.45, 2.75) is 336 Å². The van der Waals surface area contributed by atoms with E-state index in [4.69, 9.17) is 49.4 Å². The maximum atomic E-state index is 13.4. The van der Waals surface area contributed by atoms with Crippen LogP contribution in [0.5, 0.6) is 0 Å². The normalized spacial score (nSPS) is 40.3. The molecule has 104 heavy (non-hydrogen) atoms. The van der Waals surface area contributed by atoms with Crippen molar-refractivity contribution >= 4 is 24.4 Å². The van der Waals surface area contributed by atoms with Gasteiger partial charge in [-0.2, -0.15) is 0 Å². The largest absolute Gasteiger partial charge is 0.466 e. The Balaban J connectivity index is 0.000000250. The summed E-state index contributed by atoms with van der Waals surface area (Å²) in [6.45, 7) is 38.9. The van der Waals surface area contributed by atoms with Gasteiger partial charge in [0.2, 0.25) is 12.6 Å².